The van der Waals surface area contributed by atoms with Crippen molar-refractivity contribution in [1.29, 1.82) is 0 Å². The maximum atomic E-state index is 12.7. The summed E-state index contributed by atoms with van der Waals surface area (Å²) in [5.41, 5.74) is 0.169. The number of carbonyl (C=O) groups excluding carboxylic acids is 1. The van der Waals surface area contributed by atoms with Gasteiger partial charge in [0.15, 0.2) is 16.6 Å². The molecule has 1 atom stereocenters. The Kier molecular flexibility index (Phi) is 4.65. The fourth-order valence-electron chi connectivity index (χ4n) is 3.21. The lowest BCUT2D eigenvalue weighted by Gasteiger charge is -2.30. The first kappa shape index (κ1) is 17.7. The largest absolute Gasteiger partial charge is 0.360 e. The van der Waals surface area contributed by atoms with Crippen molar-refractivity contribution in [2.75, 3.05) is 23.3 Å². The van der Waals surface area contributed by atoms with Crippen molar-refractivity contribution in [3.8, 4) is 0 Å². The molecule has 0 bridgehead atoms. The first-order chi connectivity index (χ1) is 13.0. The molecule has 0 spiro atoms. The van der Waals surface area contributed by atoms with Crippen LogP contribution >= 0.6 is 11.3 Å². The van der Waals surface area contributed by atoms with Gasteiger partial charge in [0.1, 0.15) is 23.3 Å². The number of hydrogen-bond acceptors (Lipinski definition) is 8. The van der Waals surface area contributed by atoms with Gasteiger partial charge in [0.2, 0.25) is 5.91 Å². The topological polar surface area (TPSA) is 106 Å². The molecule has 142 valence electrons. The van der Waals surface area contributed by atoms with E-state index in [9.17, 15) is 9.59 Å². The van der Waals surface area contributed by atoms with Gasteiger partial charge >= 0.3 is 0 Å². The van der Waals surface area contributed by atoms with Crippen molar-refractivity contribution in [3.05, 3.63) is 28.5 Å². The fourth-order valence-corrected chi connectivity index (χ4v) is 4.21. The second kappa shape index (κ2) is 7.10. The molecule has 1 aliphatic heterocycles. The van der Waals surface area contributed by atoms with Crippen molar-refractivity contribution >= 4 is 38.5 Å². The SMILES string of the molecule is Cc1cc(NC(=O)Cn2cnc3nc(N4CCC[C@@H](C)C4)sc3c2=O)no1. The van der Waals surface area contributed by atoms with Gasteiger partial charge in [-0.15, -0.1) is 0 Å². The highest BCUT2D eigenvalue weighted by Crippen LogP contribution is 2.29. The van der Waals surface area contributed by atoms with Crippen LogP contribution in [0.3, 0.4) is 0 Å². The average Bonchev–Trinajstić information content (AvgIpc) is 3.24. The molecule has 10 heteroatoms. The second-order valence-electron chi connectivity index (χ2n) is 6.89. The van der Waals surface area contributed by atoms with Crippen molar-refractivity contribution in [1.82, 2.24) is 19.7 Å². The Morgan fingerprint density at radius 2 is 2.33 bits per heavy atom. The molecule has 1 N–H and O–H groups in total. The van der Waals surface area contributed by atoms with Crippen LogP contribution in [-0.4, -0.2) is 38.7 Å². The predicted octanol–water partition coefficient (Wildman–Crippen LogP) is 2.02. The van der Waals surface area contributed by atoms with Crippen LogP contribution in [0.2, 0.25) is 0 Å². The highest BCUT2D eigenvalue weighted by molar-refractivity contribution is 7.22. The van der Waals surface area contributed by atoms with Crippen LogP contribution in [0, 0.1) is 12.8 Å². The molecule has 0 saturated carbocycles. The monoisotopic (exact) mass is 388 g/mol. The van der Waals surface area contributed by atoms with Gasteiger partial charge in [-0.05, 0) is 25.7 Å². The quantitative estimate of drug-likeness (QED) is 0.729. The molecule has 27 heavy (non-hydrogen) atoms. The number of nitrogens with one attached hydrogen (secondary N) is 1. The van der Waals surface area contributed by atoms with E-state index in [0.717, 1.165) is 24.6 Å². The Bertz CT molecular complexity index is 1040. The lowest BCUT2D eigenvalue weighted by Crippen LogP contribution is -2.34. The molecule has 3 aromatic rings. The van der Waals surface area contributed by atoms with Gasteiger partial charge < -0.3 is 14.7 Å². The highest BCUT2D eigenvalue weighted by atomic mass is 32.1. The van der Waals surface area contributed by atoms with Gasteiger partial charge in [0.05, 0.1) is 0 Å². The Labute approximate surface area is 159 Å². The van der Waals surface area contributed by atoms with Gasteiger partial charge in [0.25, 0.3) is 5.56 Å². The number of aromatic nitrogens is 4. The average molecular weight is 388 g/mol. The zero-order valence-corrected chi connectivity index (χ0v) is 16.0. The summed E-state index contributed by atoms with van der Waals surface area (Å²) in [4.78, 5) is 35.9. The zero-order chi connectivity index (χ0) is 19.0. The third-order valence-corrected chi connectivity index (χ3v) is 5.60. The van der Waals surface area contributed by atoms with E-state index in [2.05, 4.69) is 32.3 Å². The molecule has 0 aliphatic carbocycles. The molecule has 0 radical (unpaired) electrons. The van der Waals surface area contributed by atoms with Crippen molar-refractivity contribution in [2.24, 2.45) is 5.92 Å². The number of rotatable bonds is 4. The van der Waals surface area contributed by atoms with Crippen LogP contribution in [-0.2, 0) is 11.3 Å². The first-order valence-electron chi connectivity index (χ1n) is 8.83. The lowest BCUT2D eigenvalue weighted by molar-refractivity contribution is -0.116. The molecule has 4 heterocycles. The van der Waals surface area contributed by atoms with E-state index in [1.165, 1.54) is 28.7 Å². The molecule has 4 rings (SSSR count). The minimum absolute atomic E-state index is 0.151. The number of hydrogen-bond donors (Lipinski definition) is 1. The maximum absolute atomic E-state index is 12.7. The molecule has 1 amide bonds. The fraction of sp³-hybridized carbons (Fsp3) is 0.471. The number of fused-ring (bicyclic) bond motifs is 1. The van der Waals surface area contributed by atoms with Crippen molar-refractivity contribution in [3.63, 3.8) is 0 Å². The van der Waals surface area contributed by atoms with E-state index in [1.807, 2.05) is 0 Å². The van der Waals surface area contributed by atoms with Crippen LogP contribution in [0.25, 0.3) is 10.3 Å². The van der Waals surface area contributed by atoms with Gasteiger partial charge in [-0.25, -0.2) is 4.98 Å². The number of aryl methyl sites for hydroxylation is 1. The highest BCUT2D eigenvalue weighted by Gasteiger charge is 2.21. The summed E-state index contributed by atoms with van der Waals surface area (Å²) >= 11 is 1.34. The summed E-state index contributed by atoms with van der Waals surface area (Å²) in [6.07, 6.45) is 3.70. The van der Waals surface area contributed by atoms with Gasteiger partial charge in [-0.1, -0.05) is 23.4 Å². The van der Waals surface area contributed by atoms with Gasteiger partial charge in [-0.3, -0.25) is 14.2 Å². The van der Waals surface area contributed by atoms with E-state index in [1.54, 1.807) is 13.0 Å². The van der Waals surface area contributed by atoms with Crippen molar-refractivity contribution in [2.45, 2.75) is 33.2 Å². The number of thiazole rings is 1. The summed E-state index contributed by atoms with van der Waals surface area (Å²) in [5, 5.41) is 7.12. The Hall–Kier alpha value is -2.75. The molecule has 1 saturated heterocycles. The smallest absolute Gasteiger partial charge is 0.273 e. The third kappa shape index (κ3) is 3.70. The molecule has 1 fully saturated rings. The number of anilines is 2. The molecule has 3 aromatic heterocycles. The standard InChI is InChI=1S/C17H20N6O3S/c1-10-4-3-5-22(7-10)17-20-15-14(27-17)16(25)23(9-18-15)8-13(24)19-12-6-11(2)26-21-12/h6,9-10H,3-5,7-8H2,1-2H3,(H,19,21,24)/t10-/m1/s1. The predicted molar refractivity (Wildman–Crippen MR) is 102 cm³/mol. The minimum atomic E-state index is -0.374. The number of piperidine rings is 1. The summed E-state index contributed by atoms with van der Waals surface area (Å²) in [5.74, 6) is 1.15. The lowest BCUT2D eigenvalue weighted by atomic mass is 10.0. The van der Waals surface area contributed by atoms with Crippen LogP contribution < -0.4 is 15.8 Å². The van der Waals surface area contributed by atoms with Crippen LogP contribution in [0.1, 0.15) is 25.5 Å². The Morgan fingerprint density at radius 3 is 3.07 bits per heavy atom. The van der Waals surface area contributed by atoms with E-state index >= 15 is 0 Å². The number of amides is 1. The summed E-state index contributed by atoms with van der Waals surface area (Å²) in [7, 11) is 0. The second-order valence-corrected chi connectivity index (χ2v) is 7.87. The molecular formula is C17H20N6O3S. The van der Waals surface area contributed by atoms with Crippen LogP contribution in [0.15, 0.2) is 21.7 Å². The van der Waals surface area contributed by atoms with Crippen molar-refractivity contribution < 1.29 is 9.32 Å². The summed E-state index contributed by atoms with van der Waals surface area (Å²) in [6.45, 7) is 5.68. The summed E-state index contributed by atoms with van der Waals surface area (Å²) in [6, 6.07) is 1.61. The Morgan fingerprint density at radius 1 is 1.48 bits per heavy atom. The van der Waals surface area contributed by atoms with Crippen LogP contribution in [0.4, 0.5) is 10.9 Å². The number of carbonyl (C=O) groups is 1. The van der Waals surface area contributed by atoms with E-state index < -0.39 is 0 Å². The minimum Gasteiger partial charge on any atom is -0.360 e. The molecule has 0 aromatic carbocycles. The van der Waals surface area contributed by atoms with Gasteiger partial charge in [-0.2, -0.15) is 4.98 Å². The third-order valence-electron chi connectivity index (χ3n) is 4.51. The molecule has 9 nitrogen and oxygen atoms in total. The maximum Gasteiger partial charge on any atom is 0.273 e. The van der Waals surface area contributed by atoms with E-state index in [4.69, 9.17) is 4.52 Å². The van der Waals surface area contributed by atoms with Gasteiger partial charge in [0, 0.05) is 19.2 Å². The molecule has 1 aliphatic rings. The summed E-state index contributed by atoms with van der Waals surface area (Å²) < 4.78 is 6.66. The van der Waals surface area contributed by atoms with E-state index in [0.29, 0.717) is 27.8 Å². The molecule has 0 unspecified atom stereocenters. The van der Waals surface area contributed by atoms with Crippen LogP contribution in [0.5, 0.6) is 0 Å². The normalized spacial score (nSPS) is 17.4. The first-order valence-corrected chi connectivity index (χ1v) is 9.65. The zero-order valence-electron chi connectivity index (χ0n) is 15.1. The Balaban J connectivity index is 1.54. The molecular weight excluding hydrogens is 368 g/mol. The van der Waals surface area contributed by atoms with E-state index in [-0.39, 0.29) is 18.0 Å². The number of nitrogens with zero attached hydrogens (tertiary/aromatic N) is 5.